The minimum atomic E-state index is -0.184. The molecule has 6 heteroatoms. The lowest BCUT2D eigenvalue weighted by molar-refractivity contribution is 0.0709. The van der Waals surface area contributed by atoms with Gasteiger partial charge in [0.1, 0.15) is 5.82 Å². The lowest BCUT2D eigenvalue weighted by Gasteiger charge is -2.38. The Morgan fingerprint density at radius 3 is 2.69 bits per heavy atom. The van der Waals surface area contributed by atoms with Crippen LogP contribution in [0, 0.1) is 5.82 Å². The maximum atomic E-state index is 13.7. The van der Waals surface area contributed by atoms with E-state index in [4.69, 9.17) is 9.15 Å². The molecule has 1 atom stereocenters. The number of furan rings is 1. The third-order valence-corrected chi connectivity index (χ3v) is 7.15. The molecule has 1 spiro atoms. The van der Waals surface area contributed by atoms with Gasteiger partial charge in [0.2, 0.25) is 0 Å². The van der Waals surface area contributed by atoms with E-state index in [9.17, 15) is 9.18 Å². The number of carbonyl (C=O) groups is 1. The molecule has 0 unspecified atom stereocenters. The van der Waals surface area contributed by atoms with Gasteiger partial charge in [0.25, 0.3) is 5.91 Å². The number of benzene rings is 2. The molecule has 1 aromatic heterocycles. The third kappa shape index (κ3) is 3.88. The number of para-hydroxylation sites is 1. The van der Waals surface area contributed by atoms with Crippen molar-refractivity contribution in [3.8, 4) is 5.75 Å². The number of likely N-dealkylation sites (tertiary alicyclic amines) is 2. The molecule has 2 aliphatic heterocycles. The van der Waals surface area contributed by atoms with Gasteiger partial charge in [-0.2, -0.15) is 0 Å². The summed E-state index contributed by atoms with van der Waals surface area (Å²) in [7, 11) is 1.60. The molecule has 3 aromatic rings. The summed E-state index contributed by atoms with van der Waals surface area (Å²) < 4.78 is 25.0. The lowest BCUT2D eigenvalue weighted by atomic mass is 9.87. The Morgan fingerprint density at radius 1 is 1.06 bits per heavy atom. The van der Waals surface area contributed by atoms with Gasteiger partial charge < -0.3 is 14.1 Å². The average molecular weight is 437 g/mol. The topological polar surface area (TPSA) is 45.9 Å². The van der Waals surface area contributed by atoms with Gasteiger partial charge >= 0.3 is 0 Å². The number of halogens is 1. The Balaban J connectivity index is 1.32. The van der Waals surface area contributed by atoms with Crippen LogP contribution in [-0.2, 0) is 6.54 Å². The number of rotatable bonds is 4. The number of methoxy groups -OCH3 is 1. The Morgan fingerprint density at radius 2 is 1.88 bits per heavy atom. The van der Waals surface area contributed by atoms with Crippen LogP contribution in [0.1, 0.15) is 48.2 Å². The van der Waals surface area contributed by atoms with Crippen molar-refractivity contribution in [3.63, 3.8) is 0 Å². The molecule has 0 bridgehead atoms. The van der Waals surface area contributed by atoms with Gasteiger partial charge in [0.15, 0.2) is 17.1 Å². The van der Waals surface area contributed by atoms with Gasteiger partial charge in [-0.05, 0) is 68.5 Å². The average Bonchev–Trinajstić information content (AvgIpc) is 3.33. The van der Waals surface area contributed by atoms with E-state index < -0.39 is 0 Å². The van der Waals surface area contributed by atoms with Crippen LogP contribution in [0.3, 0.4) is 0 Å². The van der Waals surface area contributed by atoms with Crippen LogP contribution in [0.4, 0.5) is 4.39 Å². The molecule has 32 heavy (non-hydrogen) atoms. The van der Waals surface area contributed by atoms with Crippen molar-refractivity contribution in [1.82, 2.24) is 9.80 Å². The largest absolute Gasteiger partial charge is 0.493 e. The van der Waals surface area contributed by atoms with Crippen molar-refractivity contribution in [2.24, 2.45) is 0 Å². The summed E-state index contributed by atoms with van der Waals surface area (Å²) in [6, 6.07) is 14.4. The molecule has 0 saturated carbocycles. The van der Waals surface area contributed by atoms with Crippen molar-refractivity contribution in [1.29, 1.82) is 0 Å². The normalized spacial score (nSPS) is 21.9. The Hall–Kier alpha value is -2.86. The Labute approximate surface area is 187 Å². The fraction of sp³-hybridized carbons (Fsp3) is 0.423. The zero-order valence-corrected chi connectivity index (χ0v) is 18.5. The van der Waals surface area contributed by atoms with Crippen molar-refractivity contribution < 1.29 is 18.3 Å². The van der Waals surface area contributed by atoms with Crippen molar-refractivity contribution in [3.05, 3.63) is 65.7 Å². The van der Waals surface area contributed by atoms with E-state index in [2.05, 4.69) is 4.90 Å². The summed E-state index contributed by atoms with van der Waals surface area (Å²) in [5.41, 5.74) is 1.71. The summed E-state index contributed by atoms with van der Waals surface area (Å²) >= 11 is 0. The first-order valence-corrected chi connectivity index (χ1v) is 11.4. The lowest BCUT2D eigenvalue weighted by Crippen LogP contribution is -2.44. The molecule has 3 heterocycles. The number of hydrogen-bond acceptors (Lipinski definition) is 4. The summed E-state index contributed by atoms with van der Waals surface area (Å²) in [5, 5.41) is 0.871. The predicted molar refractivity (Wildman–Crippen MR) is 121 cm³/mol. The number of fused-ring (bicyclic) bond motifs is 1. The highest BCUT2D eigenvalue weighted by Gasteiger charge is 2.42. The van der Waals surface area contributed by atoms with Gasteiger partial charge in [0.05, 0.1) is 7.11 Å². The van der Waals surface area contributed by atoms with E-state index in [1.54, 1.807) is 19.2 Å². The highest BCUT2D eigenvalue weighted by molar-refractivity contribution is 5.97. The monoisotopic (exact) mass is 436 g/mol. The summed E-state index contributed by atoms with van der Waals surface area (Å²) in [6.45, 7) is 3.21. The first-order chi connectivity index (χ1) is 15.6. The van der Waals surface area contributed by atoms with Crippen LogP contribution in [0.2, 0.25) is 0 Å². The molecule has 2 aliphatic rings. The Kier molecular flexibility index (Phi) is 5.64. The molecule has 2 fully saturated rings. The molecule has 168 valence electrons. The van der Waals surface area contributed by atoms with Crippen LogP contribution in [-0.4, -0.2) is 48.0 Å². The maximum absolute atomic E-state index is 13.7. The van der Waals surface area contributed by atoms with E-state index in [-0.39, 0.29) is 17.3 Å². The SMILES string of the molecule is COc1cccc2cc(C(=O)N3CCC[C@]4(CCCN4Cc4cccc(F)c4)CC3)oc12. The van der Waals surface area contributed by atoms with Gasteiger partial charge in [-0.3, -0.25) is 9.69 Å². The van der Waals surface area contributed by atoms with E-state index in [0.717, 1.165) is 62.7 Å². The number of amides is 1. The zero-order valence-electron chi connectivity index (χ0n) is 18.5. The fourth-order valence-electron chi connectivity index (χ4n) is 5.50. The van der Waals surface area contributed by atoms with Crippen molar-refractivity contribution in [2.45, 2.75) is 44.2 Å². The molecule has 0 radical (unpaired) electrons. The van der Waals surface area contributed by atoms with E-state index in [0.29, 0.717) is 23.6 Å². The van der Waals surface area contributed by atoms with Crippen molar-refractivity contribution >= 4 is 16.9 Å². The molecule has 2 saturated heterocycles. The number of carbonyl (C=O) groups excluding carboxylic acids is 1. The number of nitrogens with zero attached hydrogens (tertiary/aromatic N) is 2. The summed E-state index contributed by atoms with van der Waals surface area (Å²) in [4.78, 5) is 17.7. The van der Waals surface area contributed by atoms with Crippen LogP contribution >= 0.6 is 0 Å². The molecular weight excluding hydrogens is 407 g/mol. The second kappa shape index (κ2) is 8.58. The standard InChI is InChI=1S/C26H29FN2O3/c1-31-22-9-3-7-20-17-23(32-24(20)22)25(30)28-13-4-10-26(12-15-28)11-5-14-29(26)18-19-6-2-8-21(27)16-19/h2-3,6-9,16-17H,4-5,10-15,18H2,1H3/t26-/m0/s1. The highest BCUT2D eigenvalue weighted by Crippen LogP contribution is 2.40. The second-order valence-corrected chi connectivity index (χ2v) is 9.01. The molecule has 0 N–H and O–H groups in total. The van der Waals surface area contributed by atoms with E-state index in [1.165, 1.54) is 6.07 Å². The number of hydrogen-bond donors (Lipinski definition) is 0. The van der Waals surface area contributed by atoms with Gasteiger partial charge in [-0.25, -0.2) is 4.39 Å². The molecule has 2 aromatic carbocycles. The minimum absolute atomic E-state index is 0.0602. The minimum Gasteiger partial charge on any atom is -0.493 e. The molecular formula is C26H29FN2O3. The first kappa shape index (κ1) is 21.0. The van der Waals surface area contributed by atoms with Gasteiger partial charge in [-0.1, -0.05) is 24.3 Å². The molecule has 5 rings (SSSR count). The summed E-state index contributed by atoms with van der Waals surface area (Å²) in [6.07, 6.45) is 5.21. The van der Waals surface area contributed by atoms with Crippen LogP contribution < -0.4 is 4.74 Å². The van der Waals surface area contributed by atoms with Crippen LogP contribution in [0.15, 0.2) is 52.9 Å². The quantitative estimate of drug-likeness (QED) is 0.561. The highest BCUT2D eigenvalue weighted by atomic mass is 19.1. The Bertz CT molecular complexity index is 1130. The third-order valence-electron chi connectivity index (χ3n) is 7.15. The second-order valence-electron chi connectivity index (χ2n) is 9.01. The first-order valence-electron chi connectivity index (χ1n) is 11.4. The number of ether oxygens (including phenoxy) is 1. The van der Waals surface area contributed by atoms with Crippen LogP contribution in [0.5, 0.6) is 5.75 Å². The van der Waals surface area contributed by atoms with Gasteiger partial charge in [-0.15, -0.1) is 0 Å². The summed E-state index contributed by atoms with van der Waals surface area (Å²) in [5.74, 6) is 0.754. The zero-order chi connectivity index (χ0) is 22.1. The molecule has 1 amide bonds. The van der Waals surface area contributed by atoms with Crippen molar-refractivity contribution in [2.75, 3.05) is 26.7 Å². The van der Waals surface area contributed by atoms with E-state index in [1.807, 2.05) is 35.2 Å². The fourth-order valence-corrected chi connectivity index (χ4v) is 5.50. The molecule has 5 nitrogen and oxygen atoms in total. The van der Waals surface area contributed by atoms with E-state index >= 15 is 0 Å². The van der Waals surface area contributed by atoms with Gasteiger partial charge in [0, 0.05) is 30.6 Å². The maximum Gasteiger partial charge on any atom is 0.289 e. The van der Waals surface area contributed by atoms with Crippen LogP contribution in [0.25, 0.3) is 11.0 Å². The smallest absolute Gasteiger partial charge is 0.289 e. The predicted octanol–water partition coefficient (Wildman–Crippen LogP) is 5.24. The molecule has 0 aliphatic carbocycles.